The summed E-state index contributed by atoms with van der Waals surface area (Å²) in [4.78, 5) is 31.6. The van der Waals surface area contributed by atoms with Crippen LogP contribution in [0, 0.1) is 0 Å². The van der Waals surface area contributed by atoms with E-state index in [0.29, 0.717) is 47.4 Å². The smallest absolute Gasteiger partial charge is 0.255 e. The van der Waals surface area contributed by atoms with Gasteiger partial charge < -0.3 is 24.4 Å². The number of ether oxygens (including phenoxy) is 3. The minimum atomic E-state index is -0.526. The van der Waals surface area contributed by atoms with Crippen molar-refractivity contribution in [2.24, 2.45) is 0 Å². The fraction of sp³-hybridized carbons (Fsp3) is 0.421. The lowest BCUT2D eigenvalue weighted by molar-refractivity contribution is -0.124. The fourth-order valence-electron chi connectivity index (χ4n) is 3.02. The molecule has 29 heavy (non-hydrogen) atoms. The Labute approximate surface area is 177 Å². The average Bonchev–Trinajstić information content (AvgIpc) is 3.44. The van der Waals surface area contributed by atoms with Crippen LogP contribution in [0.3, 0.4) is 0 Å². The van der Waals surface area contributed by atoms with Crippen LogP contribution in [0.1, 0.15) is 16.1 Å². The third kappa shape index (κ3) is 4.76. The van der Waals surface area contributed by atoms with Gasteiger partial charge in [0.15, 0.2) is 11.5 Å². The van der Waals surface area contributed by atoms with Crippen molar-refractivity contribution in [3.05, 3.63) is 34.3 Å². The highest BCUT2D eigenvalue weighted by atomic mass is 32.2. The second kappa shape index (κ2) is 9.84. The molecule has 1 fully saturated rings. The molecule has 2 amide bonds. The molecule has 10 heteroatoms. The standard InChI is InChI=1S/C19H23N3O5S2/c1-25-15-6-12(7-16(26-2)17(15)27-3)19(24)22-11-29-9-14(22)18(23)20-5-4-13-8-28-10-21-13/h6-8,10,14H,4-5,9,11H2,1-3H3,(H,20,23)/t14-/m1/s1. The molecule has 1 aliphatic heterocycles. The molecule has 0 unspecified atom stereocenters. The van der Waals surface area contributed by atoms with Gasteiger partial charge in [-0.2, -0.15) is 0 Å². The third-order valence-electron chi connectivity index (χ3n) is 4.52. The summed E-state index contributed by atoms with van der Waals surface area (Å²) in [5.74, 6) is 1.79. The maximum absolute atomic E-state index is 13.1. The predicted octanol–water partition coefficient (Wildman–Crippen LogP) is 2.04. The number of nitrogens with one attached hydrogen (secondary N) is 1. The fourth-order valence-corrected chi connectivity index (χ4v) is 4.77. The van der Waals surface area contributed by atoms with E-state index in [4.69, 9.17) is 14.2 Å². The van der Waals surface area contributed by atoms with Gasteiger partial charge in [0, 0.05) is 29.7 Å². The topological polar surface area (TPSA) is 90.0 Å². The van der Waals surface area contributed by atoms with E-state index in [1.165, 1.54) is 32.7 Å². The van der Waals surface area contributed by atoms with Gasteiger partial charge >= 0.3 is 0 Å². The first-order chi connectivity index (χ1) is 14.1. The summed E-state index contributed by atoms with van der Waals surface area (Å²) in [5.41, 5.74) is 3.09. The third-order valence-corrected chi connectivity index (χ3v) is 6.17. The number of thiazole rings is 1. The summed E-state index contributed by atoms with van der Waals surface area (Å²) < 4.78 is 16.0. The summed E-state index contributed by atoms with van der Waals surface area (Å²) >= 11 is 3.07. The van der Waals surface area contributed by atoms with Gasteiger partial charge in [-0.3, -0.25) is 9.59 Å². The molecule has 156 valence electrons. The zero-order chi connectivity index (χ0) is 20.8. The first-order valence-corrected chi connectivity index (χ1v) is 11.0. The first kappa shape index (κ1) is 21.3. The van der Waals surface area contributed by atoms with Crippen LogP contribution in [0.25, 0.3) is 0 Å². The molecule has 0 spiro atoms. The average molecular weight is 438 g/mol. The highest BCUT2D eigenvalue weighted by Crippen LogP contribution is 2.39. The van der Waals surface area contributed by atoms with E-state index >= 15 is 0 Å². The first-order valence-electron chi connectivity index (χ1n) is 8.92. The molecule has 2 heterocycles. The van der Waals surface area contributed by atoms with E-state index in [1.54, 1.807) is 34.3 Å². The molecule has 1 aliphatic rings. The number of methoxy groups -OCH3 is 3. The van der Waals surface area contributed by atoms with Crippen LogP contribution >= 0.6 is 23.1 Å². The van der Waals surface area contributed by atoms with Crippen molar-refractivity contribution < 1.29 is 23.8 Å². The Morgan fingerprint density at radius 1 is 1.21 bits per heavy atom. The normalized spacial score (nSPS) is 15.8. The van der Waals surface area contributed by atoms with Crippen molar-refractivity contribution in [3.63, 3.8) is 0 Å². The number of hydrogen-bond donors (Lipinski definition) is 1. The SMILES string of the molecule is COc1cc(C(=O)N2CSC[C@@H]2C(=O)NCCc2cscn2)cc(OC)c1OC. The minimum Gasteiger partial charge on any atom is -0.493 e. The molecular formula is C19H23N3O5S2. The number of nitrogens with zero attached hydrogens (tertiary/aromatic N) is 2. The van der Waals surface area contributed by atoms with Crippen molar-refractivity contribution >= 4 is 34.9 Å². The van der Waals surface area contributed by atoms with Crippen molar-refractivity contribution in [1.29, 1.82) is 0 Å². The van der Waals surface area contributed by atoms with Gasteiger partial charge in [-0.05, 0) is 12.1 Å². The van der Waals surface area contributed by atoms with Crippen molar-refractivity contribution in [2.75, 3.05) is 39.5 Å². The Hall–Kier alpha value is -2.46. The molecular weight excluding hydrogens is 414 g/mol. The Kier molecular flexibility index (Phi) is 7.21. The van der Waals surface area contributed by atoms with Crippen molar-refractivity contribution in [2.45, 2.75) is 12.5 Å². The van der Waals surface area contributed by atoms with Gasteiger partial charge in [0.05, 0.1) is 38.4 Å². The number of carbonyl (C=O) groups excluding carboxylic acids is 2. The van der Waals surface area contributed by atoms with E-state index in [2.05, 4.69) is 10.3 Å². The van der Waals surface area contributed by atoms with Crippen LogP contribution in [-0.4, -0.2) is 67.2 Å². The largest absolute Gasteiger partial charge is 0.493 e. The molecule has 0 bridgehead atoms. The number of hydrogen-bond acceptors (Lipinski definition) is 8. The second-order valence-electron chi connectivity index (χ2n) is 6.23. The van der Waals surface area contributed by atoms with Crippen LogP contribution in [0.2, 0.25) is 0 Å². The summed E-state index contributed by atoms with van der Waals surface area (Å²) in [6.07, 6.45) is 0.663. The molecule has 1 N–H and O–H groups in total. The van der Waals surface area contributed by atoms with Gasteiger partial charge in [0.25, 0.3) is 5.91 Å². The summed E-state index contributed by atoms with van der Waals surface area (Å²) in [5, 5.41) is 4.87. The van der Waals surface area contributed by atoms with Crippen molar-refractivity contribution in [3.8, 4) is 17.2 Å². The lowest BCUT2D eigenvalue weighted by Gasteiger charge is -2.24. The highest BCUT2D eigenvalue weighted by molar-refractivity contribution is 7.99. The molecule has 8 nitrogen and oxygen atoms in total. The predicted molar refractivity (Wildman–Crippen MR) is 112 cm³/mol. The van der Waals surface area contributed by atoms with Gasteiger partial charge in [-0.15, -0.1) is 23.1 Å². The molecule has 0 aliphatic carbocycles. The van der Waals surface area contributed by atoms with Crippen LogP contribution in [0.15, 0.2) is 23.0 Å². The number of amides is 2. The van der Waals surface area contributed by atoms with Crippen LogP contribution in [0.4, 0.5) is 0 Å². The van der Waals surface area contributed by atoms with E-state index in [-0.39, 0.29) is 11.8 Å². The lowest BCUT2D eigenvalue weighted by atomic mass is 10.1. The zero-order valence-corrected chi connectivity index (χ0v) is 18.1. The lowest BCUT2D eigenvalue weighted by Crippen LogP contribution is -2.47. The molecule has 0 saturated carbocycles. The quantitative estimate of drug-likeness (QED) is 0.676. The number of rotatable bonds is 8. The minimum absolute atomic E-state index is 0.161. The Morgan fingerprint density at radius 3 is 2.52 bits per heavy atom. The Morgan fingerprint density at radius 2 is 1.93 bits per heavy atom. The number of benzene rings is 1. The Balaban J connectivity index is 1.71. The number of carbonyl (C=O) groups is 2. The maximum atomic E-state index is 13.1. The molecule has 0 radical (unpaired) electrons. The summed E-state index contributed by atoms with van der Waals surface area (Å²) in [7, 11) is 4.50. The Bertz CT molecular complexity index is 835. The molecule has 1 aromatic carbocycles. The second-order valence-corrected chi connectivity index (χ2v) is 7.94. The summed E-state index contributed by atoms with van der Waals surface area (Å²) in [6.45, 7) is 0.482. The van der Waals surface area contributed by atoms with E-state index in [1.807, 2.05) is 5.38 Å². The van der Waals surface area contributed by atoms with Crippen molar-refractivity contribution in [1.82, 2.24) is 15.2 Å². The molecule has 3 rings (SSSR count). The maximum Gasteiger partial charge on any atom is 0.255 e. The van der Waals surface area contributed by atoms with Gasteiger partial charge in [0.2, 0.25) is 11.7 Å². The van der Waals surface area contributed by atoms with Gasteiger partial charge in [-0.1, -0.05) is 0 Å². The molecule has 2 aromatic rings. The van der Waals surface area contributed by atoms with E-state index in [9.17, 15) is 9.59 Å². The highest BCUT2D eigenvalue weighted by Gasteiger charge is 2.35. The monoisotopic (exact) mass is 437 g/mol. The van der Waals surface area contributed by atoms with Crippen LogP contribution in [-0.2, 0) is 11.2 Å². The van der Waals surface area contributed by atoms with E-state index in [0.717, 1.165) is 5.69 Å². The van der Waals surface area contributed by atoms with Crippen LogP contribution < -0.4 is 19.5 Å². The number of thioether (sulfide) groups is 1. The summed E-state index contributed by atoms with van der Waals surface area (Å²) in [6, 6.07) is 2.68. The van der Waals surface area contributed by atoms with E-state index < -0.39 is 6.04 Å². The number of aromatic nitrogens is 1. The molecule has 1 aromatic heterocycles. The van der Waals surface area contributed by atoms with Crippen LogP contribution in [0.5, 0.6) is 17.2 Å². The zero-order valence-electron chi connectivity index (χ0n) is 16.5. The van der Waals surface area contributed by atoms with Gasteiger partial charge in [0.1, 0.15) is 6.04 Å². The molecule has 1 saturated heterocycles. The van der Waals surface area contributed by atoms with Gasteiger partial charge in [-0.25, -0.2) is 4.98 Å². The molecule has 1 atom stereocenters.